The summed E-state index contributed by atoms with van der Waals surface area (Å²) in [7, 11) is 0. The summed E-state index contributed by atoms with van der Waals surface area (Å²) in [5, 5.41) is 32.3. The summed E-state index contributed by atoms with van der Waals surface area (Å²) in [5.41, 5.74) is 6.31. The second-order valence-electron chi connectivity index (χ2n) is 16.1. The zero-order valence-corrected chi connectivity index (χ0v) is 35.2. The largest absolute Gasteiger partial charge is 0.465 e. The number of hydrogen-bond donors (Lipinski definition) is 6. The molecule has 2 aliphatic rings. The van der Waals surface area contributed by atoms with Crippen LogP contribution in [0.25, 0.3) is 11.1 Å². The third-order valence-electron chi connectivity index (χ3n) is 11.4. The number of benzene rings is 2. The highest BCUT2D eigenvalue weighted by molar-refractivity contribution is 6.05. The lowest BCUT2D eigenvalue weighted by molar-refractivity contribution is -0.153. The van der Waals surface area contributed by atoms with Gasteiger partial charge in [-0.05, 0) is 148 Å². The van der Waals surface area contributed by atoms with Crippen LogP contribution in [0.15, 0.2) is 60.9 Å². The summed E-state index contributed by atoms with van der Waals surface area (Å²) < 4.78 is 10.3. The molecular formula is C46H56N6O8. The van der Waals surface area contributed by atoms with Gasteiger partial charge in [-0.2, -0.15) is 0 Å². The zero-order valence-electron chi connectivity index (χ0n) is 35.2. The zero-order chi connectivity index (χ0) is 43.2. The van der Waals surface area contributed by atoms with E-state index in [1.54, 1.807) is 40.1 Å². The van der Waals surface area contributed by atoms with Crippen LogP contribution in [-0.4, -0.2) is 81.4 Å². The van der Waals surface area contributed by atoms with Crippen LogP contribution in [0.2, 0.25) is 0 Å². The van der Waals surface area contributed by atoms with Gasteiger partial charge < -0.3 is 30.3 Å². The normalized spacial score (nSPS) is 15.7. The smallest absolute Gasteiger partial charge is 0.328 e. The van der Waals surface area contributed by atoms with E-state index in [0.29, 0.717) is 11.4 Å². The average Bonchev–Trinajstić information content (AvgIpc) is 4.19. The summed E-state index contributed by atoms with van der Waals surface area (Å²) in [4.78, 5) is 61.4. The van der Waals surface area contributed by atoms with Crippen molar-refractivity contribution in [2.24, 2.45) is 0 Å². The van der Waals surface area contributed by atoms with Crippen molar-refractivity contribution < 1.29 is 38.9 Å². The van der Waals surface area contributed by atoms with E-state index >= 15 is 0 Å². The molecule has 2 aromatic heterocycles. The third kappa shape index (κ3) is 9.90. The topological polar surface area (TPSA) is 201 Å². The van der Waals surface area contributed by atoms with E-state index in [4.69, 9.17) is 9.47 Å². The minimum Gasteiger partial charge on any atom is -0.465 e. The van der Waals surface area contributed by atoms with E-state index in [2.05, 4.69) is 31.2 Å². The van der Waals surface area contributed by atoms with E-state index in [0.717, 1.165) is 70.2 Å². The number of aliphatic hydroxyl groups is 2. The fourth-order valence-corrected chi connectivity index (χ4v) is 7.14. The van der Waals surface area contributed by atoms with Crippen LogP contribution in [0.5, 0.6) is 0 Å². The maximum absolute atomic E-state index is 13.7. The van der Waals surface area contributed by atoms with Crippen molar-refractivity contribution >= 4 is 35.1 Å². The lowest BCUT2D eigenvalue weighted by Crippen LogP contribution is -2.53. The fourth-order valence-electron chi connectivity index (χ4n) is 7.14. The molecule has 6 N–H and O–H groups in total. The number of carbonyl (C=O) groups is 4. The summed E-state index contributed by atoms with van der Waals surface area (Å²) in [6, 6.07) is 15.0. The van der Waals surface area contributed by atoms with Crippen LogP contribution in [0, 0.1) is 13.8 Å². The second-order valence-corrected chi connectivity index (χ2v) is 16.1. The number of amides is 2. The van der Waals surface area contributed by atoms with E-state index in [-0.39, 0.29) is 61.3 Å². The number of aromatic nitrogens is 2. The number of carbonyl (C=O) groups excluding carboxylic acids is 4. The fraction of sp³-hybridized carbons (Fsp3) is 0.435. The highest BCUT2D eigenvalue weighted by Gasteiger charge is 2.36. The van der Waals surface area contributed by atoms with Gasteiger partial charge >= 0.3 is 11.9 Å². The van der Waals surface area contributed by atoms with E-state index in [1.165, 1.54) is 0 Å². The van der Waals surface area contributed by atoms with E-state index in [9.17, 15) is 29.4 Å². The molecule has 60 heavy (non-hydrogen) atoms. The molecule has 2 atom stereocenters. The van der Waals surface area contributed by atoms with Crippen molar-refractivity contribution in [1.82, 2.24) is 20.6 Å². The van der Waals surface area contributed by atoms with Gasteiger partial charge in [0.2, 0.25) is 0 Å². The van der Waals surface area contributed by atoms with Crippen LogP contribution >= 0.6 is 0 Å². The standard InChI is InChI=1S/C46H56N6O8/c1-7-59-43(57)45(5,25-53)49-23-31-21-47-39(19-35(31)29-15-16-29)41(55)51-37-13-9-11-33(27(37)3)34-12-10-14-38(28(34)4)52-42(56)40-20-36(30-17-18-30)32(22-48-40)24-50-46(6,26-54)44(58)60-8-2/h9-14,19-22,29-30,49-50,53-54H,7-8,15-18,23-26H2,1-6H3,(H,51,55)(H,52,56)/t45-,46?/m0/s1. The molecule has 0 aliphatic heterocycles. The van der Waals surface area contributed by atoms with Crippen molar-refractivity contribution in [3.8, 4) is 11.1 Å². The molecule has 2 fully saturated rings. The van der Waals surface area contributed by atoms with Crippen LogP contribution in [0.4, 0.5) is 11.4 Å². The first-order valence-corrected chi connectivity index (χ1v) is 20.6. The molecular weight excluding hydrogens is 765 g/mol. The highest BCUT2D eigenvalue weighted by atomic mass is 16.5. The highest BCUT2D eigenvalue weighted by Crippen LogP contribution is 2.43. The van der Waals surface area contributed by atoms with Gasteiger partial charge in [0.25, 0.3) is 11.8 Å². The van der Waals surface area contributed by atoms with Crippen LogP contribution in [0.3, 0.4) is 0 Å². The van der Waals surface area contributed by atoms with Gasteiger partial charge in [0, 0.05) is 36.9 Å². The van der Waals surface area contributed by atoms with Crippen molar-refractivity contribution in [2.75, 3.05) is 37.1 Å². The summed E-state index contributed by atoms with van der Waals surface area (Å²) in [6.07, 6.45) is 7.25. The molecule has 2 heterocycles. The first-order valence-electron chi connectivity index (χ1n) is 20.6. The van der Waals surface area contributed by atoms with Crippen LogP contribution < -0.4 is 21.3 Å². The SMILES string of the molecule is CCOC(=O)C(C)(CO)NCc1cnc(C(=O)Nc2cccc(-c3cccc(NC(=O)c4cc(C5CC5)c(CN[C@@](C)(CO)C(=O)OCC)cn4)c3C)c2C)cc1C1CC1. The van der Waals surface area contributed by atoms with Gasteiger partial charge in [-0.1, -0.05) is 24.3 Å². The average molecular weight is 821 g/mol. The summed E-state index contributed by atoms with van der Waals surface area (Å²) in [6.45, 7) is 10.6. The van der Waals surface area contributed by atoms with Gasteiger partial charge in [-0.3, -0.25) is 30.2 Å². The van der Waals surface area contributed by atoms with Crippen molar-refractivity contribution in [1.29, 1.82) is 0 Å². The second kappa shape index (κ2) is 18.8. The molecule has 2 aliphatic carbocycles. The van der Waals surface area contributed by atoms with E-state index < -0.39 is 36.2 Å². The molecule has 2 aromatic carbocycles. The number of rotatable bonds is 19. The molecule has 318 valence electrons. The number of anilines is 2. The Kier molecular flexibility index (Phi) is 13.8. The van der Waals surface area contributed by atoms with Crippen LogP contribution in [0.1, 0.15) is 120 Å². The summed E-state index contributed by atoms with van der Waals surface area (Å²) in [5.74, 6) is -1.23. The Morgan fingerprint density at radius 2 is 1.05 bits per heavy atom. The van der Waals surface area contributed by atoms with E-state index in [1.807, 2.05) is 62.4 Å². The maximum Gasteiger partial charge on any atom is 0.328 e. The Bertz CT molecular complexity index is 2100. The molecule has 2 saturated carbocycles. The van der Waals surface area contributed by atoms with Gasteiger partial charge in [0.15, 0.2) is 0 Å². The molecule has 2 amide bonds. The minimum absolute atomic E-state index is 0.201. The first-order chi connectivity index (χ1) is 28.7. The molecule has 4 aromatic rings. The number of nitrogens with one attached hydrogen (secondary N) is 4. The van der Waals surface area contributed by atoms with Crippen LogP contribution in [-0.2, 0) is 32.2 Å². The predicted octanol–water partition coefficient (Wildman–Crippen LogP) is 5.83. The molecule has 0 spiro atoms. The number of pyridine rings is 2. The maximum atomic E-state index is 13.7. The van der Waals surface area contributed by atoms with Gasteiger partial charge in [0.1, 0.15) is 22.5 Å². The molecule has 6 rings (SSSR count). The number of nitrogens with zero attached hydrogens (tertiary/aromatic N) is 2. The quantitative estimate of drug-likeness (QED) is 0.0620. The molecule has 14 nitrogen and oxygen atoms in total. The van der Waals surface area contributed by atoms with Gasteiger partial charge in [0.05, 0.1) is 26.4 Å². The molecule has 14 heteroatoms. The lowest BCUT2D eigenvalue weighted by Gasteiger charge is -2.26. The molecule has 1 unspecified atom stereocenters. The van der Waals surface area contributed by atoms with Crippen molar-refractivity contribution in [2.45, 2.75) is 103 Å². The molecule has 0 radical (unpaired) electrons. The lowest BCUT2D eigenvalue weighted by atomic mass is 9.94. The van der Waals surface area contributed by atoms with Gasteiger partial charge in [-0.15, -0.1) is 0 Å². The number of hydrogen-bond acceptors (Lipinski definition) is 12. The number of esters is 2. The Morgan fingerprint density at radius 1 is 0.667 bits per heavy atom. The Labute approximate surface area is 350 Å². The number of aliphatic hydroxyl groups excluding tert-OH is 2. The Balaban J connectivity index is 1.16. The third-order valence-corrected chi connectivity index (χ3v) is 11.4. The molecule has 0 bridgehead atoms. The minimum atomic E-state index is -1.28. The Hall–Kier alpha value is -5.54. The van der Waals surface area contributed by atoms with Crippen molar-refractivity contribution in [3.05, 3.63) is 106 Å². The predicted molar refractivity (Wildman–Crippen MR) is 228 cm³/mol. The monoisotopic (exact) mass is 820 g/mol. The van der Waals surface area contributed by atoms with Crippen molar-refractivity contribution in [3.63, 3.8) is 0 Å². The molecule has 0 saturated heterocycles. The Morgan fingerprint density at radius 3 is 1.38 bits per heavy atom. The van der Waals surface area contributed by atoms with Gasteiger partial charge in [-0.25, -0.2) is 9.59 Å². The number of ether oxygens (including phenoxy) is 2. The summed E-state index contributed by atoms with van der Waals surface area (Å²) >= 11 is 0. The first kappa shape index (κ1) is 44.0.